The van der Waals surface area contributed by atoms with Crippen LogP contribution in [0, 0.1) is 11.8 Å². The number of hydrogen-bond acceptors (Lipinski definition) is 1. The fourth-order valence-electron chi connectivity index (χ4n) is 2.68. The van der Waals surface area contributed by atoms with Gasteiger partial charge in [-0.15, -0.1) is 0 Å². The van der Waals surface area contributed by atoms with E-state index in [1.807, 2.05) is 0 Å². The zero-order valence-electron chi connectivity index (χ0n) is 9.84. The Labute approximate surface area is 88.9 Å². The zero-order chi connectivity index (χ0) is 10.4. The molecular formula is C13H26O. The normalized spacial score (nSPS) is 20.6. The summed E-state index contributed by atoms with van der Waals surface area (Å²) in [6, 6.07) is 0. The standard InChI is InChI=1S/C13H26O/c1-3-11(4-2)9-10-13(14)12-7-5-6-8-12/h11-14H,3-10H2,1-2H3. The van der Waals surface area contributed by atoms with Crippen LogP contribution in [0.2, 0.25) is 0 Å². The monoisotopic (exact) mass is 198 g/mol. The third kappa shape index (κ3) is 3.61. The van der Waals surface area contributed by atoms with Crippen molar-refractivity contribution >= 4 is 0 Å². The maximum atomic E-state index is 9.99. The molecule has 84 valence electrons. The van der Waals surface area contributed by atoms with Crippen LogP contribution in [0.25, 0.3) is 0 Å². The summed E-state index contributed by atoms with van der Waals surface area (Å²) in [7, 11) is 0. The summed E-state index contributed by atoms with van der Waals surface area (Å²) in [6.07, 6.45) is 10.0. The van der Waals surface area contributed by atoms with Gasteiger partial charge in [-0.25, -0.2) is 0 Å². The molecule has 0 aromatic carbocycles. The highest BCUT2D eigenvalue weighted by Crippen LogP contribution is 2.30. The molecule has 1 aliphatic rings. The summed E-state index contributed by atoms with van der Waals surface area (Å²) in [5.41, 5.74) is 0. The summed E-state index contributed by atoms with van der Waals surface area (Å²) in [6.45, 7) is 4.52. The average Bonchev–Trinajstić information content (AvgIpc) is 2.72. The van der Waals surface area contributed by atoms with E-state index in [4.69, 9.17) is 0 Å². The van der Waals surface area contributed by atoms with Gasteiger partial charge in [-0.1, -0.05) is 39.5 Å². The van der Waals surface area contributed by atoms with Crippen molar-refractivity contribution in [1.82, 2.24) is 0 Å². The molecule has 0 amide bonds. The third-order valence-electron chi connectivity index (χ3n) is 3.97. The highest BCUT2D eigenvalue weighted by Gasteiger charge is 2.23. The smallest absolute Gasteiger partial charge is 0.0568 e. The van der Waals surface area contributed by atoms with E-state index in [1.165, 1.54) is 44.9 Å². The number of hydrogen-bond donors (Lipinski definition) is 1. The molecule has 0 aromatic heterocycles. The topological polar surface area (TPSA) is 20.2 Å². The van der Waals surface area contributed by atoms with Gasteiger partial charge >= 0.3 is 0 Å². The lowest BCUT2D eigenvalue weighted by Gasteiger charge is -2.20. The average molecular weight is 198 g/mol. The molecule has 14 heavy (non-hydrogen) atoms. The molecule has 0 saturated heterocycles. The number of rotatable bonds is 6. The largest absolute Gasteiger partial charge is 0.393 e. The van der Waals surface area contributed by atoms with Crippen molar-refractivity contribution in [2.75, 3.05) is 0 Å². The van der Waals surface area contributed by atoms with Gasteiger partial charge in [0, 0.05) is 0 Å². The maximum absolute atomic E-state index is 9.99. The lowest BCUT2D eigenvalue weighted by molar-refractivity contribution is 0.0939. The van der Waals surface area contributed by atoms with Gasteiger partial charge < -0.3 is 5.11 Å². The van der Waals surface area contributed by atoms with Crippen LogP contribution in [0.15, 0.2) is 0 Å². The van der Waals surface area contributed by atoms with Crippen molar-refractivity contribution in [3.63, 3.8) is 0 Å². The first-order chi connectivity index (χ1) is 6.77. The lowest BCUT2D eigenvalue weighted by atomic mass is 9.91. The van der Waals surface area contributed by atoms with Crippen molar-refractivity contribution in [2.24, 2.45) is 11.8 Å². The molecule has 1 atom stereocenters. The van der Waals surface area contributed by atoms with Gasteiger partial charge in [0.2, 0.25) is 0 Å². The highest BCUT2D eigenvalue weighted by atomic mass is 16.3. The minimum absolute atomic E-state index is 0.00176. The Morgan fingerprint density at radius 1 is 1.07 bits per heavy atom. The first-order valence-corrected chi connectivity index (χ1v) is 6.46. The van der Waals surface area contributed by atoms with Gasteiger partial charge in [0.25, 0.3) is 0 Å². The molecule has 1 heteroatoms. The molecule has 1 saturated carbocycles. The molecule has 0 spiro atoms. The van der Waals surface area contributed by atoms with Crippen molar-refractivity contribution in [3.8, 4) is 0 Å². The predicted molar refractivity (Wildman–Crippen MR) is 61.3 cm³/mol. The van der Waals surface area contributed by atoms with Crippen molar-refractivity contribution in [1.29, 1.82) is 0 Å². The van der Waals surface area contributed by atoms with Gasteiger partial charge in [-0.05, 0) is 37.5 Å². The van der Waals surface area contributed by atoms with Crippen LogP contribution in [0.3, 0.4) is 0 Å². The van der Waals surface area contributed by atoms with E-state index in [0.717, 1.165) is 12.3 Å². The molecule has 1 unspecified atom stereocenters. The fraction of sp³-hybridized carbons (Fsp3) is 1.00. The van der Waals surface area contributed by atoms with E-state index < -0.39 is 0 Å². The van der Waals surface area contributed by atoms with Crippen molar-refractivity contribution in [2.45, 2.75) is 71.3 Å². The summed E-state index contributed by atoms with van der Waals surface area (Å²) in [4.78, 5) is 0. The summed E-state index contributed by atoms with van der Waals surface area (Å²) in [5.74, 6) is 1.47. The summed E-state index contributed by atoms with van der Waals surface area (Å²) in [5, 5.41) is 9.99. The van der Waals surface area contributed by atoms with Crippen molar-refractivity contribution < 1.29 is 5.11 Å². The maximum Gasteiger partial charge on any atom is 0.0568 e. The van der Waals surface area contributed by atoms with E-state index in [1.54, 1.807) is 0 Å². The van der Waals surface area contributed by atoms with Crippen LogP contribution in [0.5, 0.6) is 0 Å². The molecular weight excluding hydrogens is 172 g/mol. The molecule has 0 bridgehead atoms. The Hall–Kier alpha value is -0.0400. The minimum Gasteiger partial charge on any atom is -0.393 e. The molecule has 0 heterocycles. The van der Waals surface area contributed by atoms with E-state index in [2.05, 4.69) is 13.8 Å². The van der Waals surface area contributed by atoms with Crippen LogP contribution in [0.1, 0.15) is 65.2 Å². The van der Waals surface area contributed by atoms with Crippen LogP contribution in [-0.2, 0) is 0 Å². The lowest BCUT2D eigenvalue weighted by Crippen LogP contribution is -2.18. The first kappa shape index (κ1) is 12.0. The zero-order valence-corrected chi connectivity index (χ0v) is 9.84. The molecule has 1 fully saturated rings. The SMILES string of the molecule is CCC(CC)CCC(O)C1CCCC1. The Morgan fingerprint density at radius 2 is 1.64 bits per heavy atom. The Kier molecular flexibility index (Phi) is 5.54. The molecule has 1 rings (SSSR count). The van der Waals surface area contributed by atoms with E-state index in [0.29, 0.717) is 5.92 Å². The van der Waals surface area contributed by atoms with Gasteiger partial charge in [-0.2, -0.15) is 0 Å². The van der Waals surface area contributed by atoms with E-state index in [-0.39, 0.29) is 6.10 Å². The van der Waals surface area contributed by atoms with Crippen LogP contribution >= 0.6 is 0 Å². The minimum atomic E-state index is -0.00176. The third-order valence-corrected chi connectivity index (χ3v) is 3.97. The molecule has 0 aliphatic heterocycles. The summed E-state index contributed by atoms with van der Waals surface area (Å²) >= 11 is 0. The number of aliphatic hydroxyl groups is 1. The summed E-state index contributed by atoms with van der Waals surface area (Å²) < 4.78 is 0. The van der Waals surface area contributed by atoms with E-state index in [9.17, 15) is 5.11 Å². The van der Waals surface area contributed by atoms with Crippen LogP contribution in [0.4, 0.5) is 0 Å². The fourth-order valence-corrected chi connectivity index (χ4v) is 2.68. The highest BCUT2D eigenvalue weighted by molar-refractivity contribution is 4.75. The molecule has 1 nitrogen and oxygen atoms in total. The van der Waals surface area contributed by atoms with E-state index >= 15 is 0 Å². The Bertz CT molecular complexity index is 134. The van der Waals surface area contributed by atoms with Crippen LogP contribution in [-0.4, -0.2) is 11.2 Å². The second kappa shape index (κ2) is 6.44. The van der Waals surface area contributed by atoms with Gasteiger partial charge in [0.05, 0.1) is 6.10 Å². The van der Waals surface area contributed by atoms with Gasteiger partial charge in [0.1, 0.15) is 0 Å². The molecule has 0 radical (unpaired) electrons. The van der Waals surface area contributed by atoms with Crippen molar-refractivity contribution in [3.05, 3.63) is 0 Å². The first-order valence-electron chi connectivity index (χ1n) is 6.46. The van der Waals surface area contributed by atoms with Crippen LogP contribution < -0.4 is 0 Å². The second-order valence-corrected chi connectivity index (χ2v) is 4.87. The van der Waals surface area contributed by atoms with Gasteiger partial charge in [-0.3, -0.25) is 0 Å². The quantitative estimate of drug-likeness (QED) is 0.689. The molecule has 1 aliphatic carbocycles. The molecule has 0 aromatic rings. The second-order valence-electron chi connectivity index (χ2n) is 4.87. The molecule has 1 N–H and O–H groups in total. The predicted octanol–water partition coefficient (Wildman–Crippen LogP) is 3.75. The van der Waals surface area contributed by atoms with Gasteiger partial charge in [0.15, 0.2) is 0 Å². The Balaban J connectivity index is 2.15. The number of aliphatic hydroxyl groups excluding tert-OH is 1. The Morgan fingerprint density at radius 3 is 2.14 bits per heavy atom.